The molecule has 0 atom stereocenters. The van der Waals surface area contributed by atoms with E-state index in [1.807, 2.05) is 12.1 Å². The molecule has 0 bridgehead atoms. The minimum atomic E-state index is -0.590. The van der Waals surface area contributed by atoms with Crippen LogP contribution in [0.5, 0.6) is 5.75 Å². The van der Waals surface area contributed by atoms with Crippen LogP contribution in [-0.4, -0.2) is 25.0 Å². The molecule has 1 aromatic carbocycles. The molecule has 0 radical (unpaired) electrons. The van der Waals surface area contributed by atoms with Crippen LogP contribution < -0.4 is 4.74 Å². The predicted octanol–water partition coefficient (Wildman–Crippen LogP) is 3.05. The van der Waals surface area contributed by atoms with E-state index >= 15 is 0 Å². The molecule has 0 spiro atoms. The van der Waals surface area contributed by atoms with Gasteiger partial charge in [0.25, 0.3) is 0 Å². The van der Waals surface area contributed by atoms with E-state index in [4.69, 9.17) is 9.47 Å². The number of nitrogens with zero attached hydrogens (tertiary/aromatic N) is 1. The van der Waals surface area contributed by atoms with Crippen molar-refractivity contribution in [3.63, 3.8) is 0 Å². The van der Waals surface area contributed by atoms with E-state index in [1.54, 1.807) is 40.0 Å². The van der Waals surface area contributed by atoms with Gasteiger partial charge in [-0.05, 0) is 50.6 Å². The van der Waals surface area contributed by atoms with Gasteiger partial charge in [-0.2, -0.15) is 4.99 Å². The van der Waals surface area contributed by atoms with Crippen LogP contribution in [0, 0.1) is 0 Å². The van der Waals surface area contributed by atoms with E-state index in [0.717, 1.165) is 11.3 Å². The summed E-state index contributed by atoms with van der Waals surface area (Å²) in [5, 5.41) is 0. The van der Waals surface area contributed by atoms with Crippen LogP contribution in [0.3, 0.4) is 0 Å². The fourth-order valence-electron chi connectivity index (χ4n) is 1.11. The molecule has 92 valence electrons. The highest BCUT2D eigenvalue weighted by Crippen LogP contribution is 2.11. The SMILES string of the molecule is COc1ccc(/C=N/C(=O)OC(C)(C)C)cc1. The van der Waals surface area contributed by atoms with Crippen LogP contribution in [0.15, 0.2) is 29.3 Å². The van der Waals surface area contributed by atoms with Gasteiger partial charge in [-0.1, -0.05) is 0 Å². The average Bonchev–Trinajstić information content (AvgIpc) is 2.25. The van der Waals surface area contributed by atoms with Gasteiger partial charge < -0.3 is 9.47 Å². The lowest BCUT2D eigenvalue weighted by atomic mass is 10.2. The minimum absolute atomic E-state index is 0.520. The van der Waals surface area contributed by atoms with Gasteiger partial charge in [-0.3, -0.25) is 0 Å². The molecule has 0 aliphatic rings. The summed E-state index contributed by atoms with van der Waals surface area (Å²) in [6.07, 6.45) is 0.876. The number of aliphatic imine (C=N–C) groups is 1. The van der Waals surface area contributed by atoms with Crippen molar-refractivity contribution in [2.24, 2.45) is 4.99 Å². The van der Waals surface area contributed by atoms with Gasteiger partial charge in [0.15, 0.2) is 0 Å². The number of rotatable bonds is 2. The lowest BCUT2D eigenvalue weighted by Crippen LogP contribution is -2.21. The Kier molecular flexibility index (Phi) is 4.26. The van der Waals surface area contributed by atoms with Crippen LogP contribution in [0.1, 0.15) is 26.3 Å². The summed E-state index contributed by atoms with van der Waals surface area (Å²) >= 11 is 0. The summed E-state index contributed by atoms with van der Waals surface area (Å²) in [6, 6.07) is 7.23. The summed E-state index contributed by atoms with van der Waals surface area (Å²) in [5.41, 5.74) is 0.297. The zero-order valence-corrected chi connectivity index (χ0v) is 10.6. The van der Waals surface area contributed by atoms with Gasteiger partial charge in [0.05, 0.1) is 7.11 Å². The van der Waals surface area contributed by atoms with Crippen molar-refractivity contribution in [1.82, 2.24) is 0 Å². The molecule has 0 heterocycles. The Bertz CT molecular complexity index is 402. The topological polar surface area (TPSA) is 47.9 Å². The first-order valence-corrected chi connectivity index (χ1v) is 5.32. The summed E-state index contributed by atoms with van der Waals surface area (Å²) in [6.45, 7) is 5.40. The number of ether oxygens (including phenoxy) is 2. The minimum Gasteiger partial charge on any atom is -0.497 e. The number of amides is 1. The smallest absolute Gasteiger partial charge is 0.434 e. The standard InChI is InChI=1S/C13H17NO3/c1-13(2,3)17-12(15)14-9-10-5-7-11(16-4)8-6-10/h5-9H,1-4H3/b14-9+. The van der Waals surface area contributed by atoms with Crippen molar-refractivity contribution in [3.05, 3.63) is 29.8 Å². The van der Waals surface area contributed by atoms with Gasteiger partial charge in [-0.15, -0.1) is 0 Å². The fourth-order valence-corrected chi connectivity index (χ4v) is 1.11. The Labute approximate surface area is 101 Å². The molecule has 0 aliphatic heterocycles. The summed E-state index contributed by atoms with van der Waals surface area (Å²) in [7, 11) is 1.60. The van der Waals surface area contributed by atoms with E-state index in [-0.39, 0.29) is 0 Å². The summed E-state index contributed by atoms with van der Waals surface area (Å²) in [4.78, 5) is 15.0. The van der Waals surface area contributed by atoms with Crippen molar-refractivity contribution in [1.29, 1.82) is 0 Å². The van der Waals surface area contributed by atoms with Crippen molar-refractivity contribution in [3.8, 4) is 5.75 Å². The molecule has 4 nitrogen and oxygen atoms in total. The third-order valence-electron chi connectivity index (χ3n) is 1.83. The van der Waals surface area contributed by atoms with E-state index in [2.05, 4.69) is 4.99 Å². The first kappa shape index (κ1) is 13.2. The second-order valence-corrected chi connectivity index (χ2v) is 4.51. The maximum absolute atomic E-state index is 11.3. The molecule has 1 amide bonds. The Hall–Kier alpha value is -1.84. The number of carbonyl (C=O) groups excluding carboxylic acids is 1. The fraction of sp³-hybridized carbons (Fsp3) is 0.385. The van der Waals surface area contributed by atoms with Crippen molar-refractivity contribution < 1.29 is 14.3 Å². The Balaban J connectivity index is 2.61. The van der Waals surface area contributed by atoms with E-state index < -0.39 is 11.7 Å². The number of benzene rings is 1. The van der Waals surface area contributed by atoms with Crippen LogP contribution in [-0.2, 0) is 4.74 Å². The zero-order chi connectivity index (χ0) is 12.9. The molecular formula is C13H17NO3. The molecule has 0 unspecified atom stereocenters. The maximum Gasteiger partial charge on any atom is 0.434 e. The van der Waals surface area contributed by atoms with Crippen molar-refractivity contribution in [2.45, 2.75) is 26.4 Å². The molecule has 1 aromatic rings. The Morgan fingerprint density at radius 3 is 2.29 bits per heavy atom. The third-order valence-corrected chi connectivity index (χ3v) is 1.83. The molecule has 0 aromatic heterocycles. The lowest BCUT2D eigenvalue weighted by molar-refractivity contribution is 0.0605. The largest absolute Gasteiger partial charge is 0.497 e. The van der Waals surface area contributed by atoms with Crippen molar-refractivity contribution in [2.75, 3.05) is 7.11 Å². The van der Waals surface area contributed by atoms with Crippen LogP contribution in [0.25, 0.3) is 0 Å². The second-order valence-electron chi connectivity index (χ2n) is 4.51. The molecule has 0 N–H and O–H groups in total. The Morgan fingerprint density at radius 2 is 1.82 bits per heavy atom. The molecule has 1 rings (SSSR count). The average molecular weight is 235 g/mol. The molecular weight excluding hydrogens is 218 g/mol. The van der Waals surface area contributed by atoms with E-state index in [1.165, 1.54) is 6.21 Å². The normalized spacial score (nSPS) is 11.5. The van der Waals surface area contributed by atoms with E-state index in [0.29, 0.717) is 0 Å². The molecule has 4 heteroatoms. The lowest BCUT2D eigenvalue weighted by Gasteiger charge is -2.17. The second kappa shape index (κ2) is 5.48. The number of methoxy groups -OCH3 is 1. The Morgan fingerprint density at radius 1 is 1.24 bits per heavy atom. The predicted molar refractivity (Wildman–Crippen MR) is 66.8 cm³/mol. The van der Waals surface area contributed by atoms with Gasteiger partial charge >= 0.3 is 6.09 Å². The highest BCUT2D eigenvalue weighted by molar-refractivity contribution is 5.89. The highest BCUT2D eigenvalue weighted by Gasteiger charge is 2.14. The van der Waals surface area contributed by atoms with Gasteiger partial charge in [-0.25, -0.2) is 4.79 Å². The van der Waals surface area contributed by atoms with E-state index in [9.17, 15) is 4.79 Å². The summed E-state index contributed by atoms with van der Waals surface area (Å²) in [5.74, 6) is 0.763. The number of carbonyl (C=O) groups is 1. The van der Waals surface area contributed by atoms with Crippen molar-refractivity contribution >= 4 is 12.3 Å². The number of hydrogen-bond acceptors (Lipinski definition) is 3. The van der Waals surface area contributed by atoms with Gasteiger partial charge in [0, 0.05) is 6.21 Å². The quantitative estimate of drug-likeness (QED) is 0.740. The molecule has 17 heavy (non-hydrogen) atoms. The maximum atomic E-state index is 11.3. The molecule has 0 fully saturated rings. The molecule has 0 saturated carbocycles. The first-order valence-electron chi connectivity index (χ1n) is 5.32. The van der Waals surface area contributed by atoms with Crippen LogP contribution in [0.2, 0.25) is 0 Å². The van der Waals surface area contributed by atoms with Gasteiger partial charge in [0.2, 0.25) is 0 Å². The van der Waals surface area contributed by atoms with Gasteiger partial charge in [0.1, 0.15) is 11.4 Å². The number of hydrogen-bond donors (Lipinski definition) is 0. The monoisotopic (exact) mass is 235 g/mol. The highest BCUT2D eigenvalue weighted by atomic mass is 16.6. The molecule has 0 saturated heterocycles. The van der Waals surface area contributed by atoms with Crippen LogP contribution >= 0.6 is 0 Å². The third kappa shape index (κ3) is 5.15. The first-order chi connectivity index (χ1) is 7.90. The van der Waals surface area contributed by atoms with Crippen LogP contribution in [0.4, 0.5) is 4.79 Å². The summed E-state index contributed by atoms with van der Waals surface area (Å²) < 4.78 is 10.1. The zero-order valence-electron chi connectivity index (χ0n) is 10.6. The molecule has 0 aliphatic carbocycles.